The first-order chi connectivity index (χ1) is 9.63. The molecule has 1 aromatic carbocycles. The molecule has 6 heteroatoms. The van der Waals surface area contributed by atoms with Gasteiger partial charge in [0.1, 0.15) is 0 Å². The minimum Gasteiger partial charge on any atom is -0.380 e. The van der Waals surface area contributed by atoms with Crippen molar-refractivity contribution in [3.05, 3.63) is 29.8 Å². The molecule has 4 nitrogen and oxygen atoms in total. The Labute approximate surface area is 148 Å². The van der Waals surface area contributed by atoms with Gasteiger partial charge in [-0.15, -0.1) is 24.0 Å². The van der Waals surface area contributed by atoms with Crippen LogP contribution < -0.4 is 11.1 Å². The van der Waals surface area contributed by atoms with Crippen LogP contribution in [0.5, 0.6) is 0 Å². The lowest BCUT2D eigenvalue weighted by molar-refractivity contribution is 0.185. The van der Waals surface area contributed by atoms with Crippen LogP contribution in [0, 0.1) is 0 Å². The molecule has 1 unspecified atom stereocenters. The fraction of sp³-hybridized carbons (Fsp3) is 0.533. The van der Waals surface area contributed by atoms with Crippen LogP contribution in [0.15, 0.2) is 29.3 Å². The van der Waals surface area contributed by atoms with Gasteiger partial charge in [-0.2, -0.15) is 11.8 Å². The number of para-hydroxylation sites is 1. The largest absolute Gasteiger partial charge is 0.380 e. The minimum atomic E-state index is 0. The zero-order chi connectivity index (χ0) is 14.4. The molecular formula is C15H24IN3OS. The Kier molecular flexibility index (Phi) is 7.83. The van der Waals surface area contributed by atoms with Gasteiger partial charge < -0.3 is 15.8 Å². The molecule has 118 valence electrons. The molecule has 0 aromatic heterocycles. The van der Waals surface area contributed by atoms with Crippen molar-refractivity contribution < 1.29 is 4.74 Å². The van der Waals surface area contributed by atoms with Gasteiger partial charge in [-0.05, 0) is 31.6 Å². The van der Waals surface area contributed by atoms with E-state index >= 15 is 0 Å². The van der Waals surface area contributed by atoms with Crippen molar-refractivity contribution in [1.29, 1.82) is 0 Å². The molecule has 1 fully saturated rings. The third-order valence-corrected chi connectivity index (χ3v) is 4.99. The van der Waals surface area contributed by atoms with Crippen molar-refractivity contribution >= 4 is 47.4 Å². The molecule has 0 spiro atoms. The normalized spacial score (nSPS) is 21.9. The molecule has 2 rings (SSSR count). The quantitative estimate of drug-likeness (QED) is 0.434. The summed E-state index contributed by atoms with van der Waals surface area (Å²) in [5, 5.41) is 3.17. The lowest BCUT2D eigenvalue weighted by Gasteiger charge is -2.20. The van der Waals surface area contributed by atoms with Gasteiger partial charge in [-0.25, -0.2) is 0 Å². The number of ether oxygens (including phenoxy) is 1. The highest BCUT2D eigenvalue weighted by Gasteiger charge is 2.29. The lowest BCUT2D eigenvalue weighted by Crippen LogP contribution is -2.27. The van der Waals surface area contributed by atoms with Crippen molar-refractivity contribution in [2.45, 2.75) is 31.1 Å². The standard InChI is InChI=1S/C15H23N3OS.HI/c1-15(8-5-9-20-15)11-17-14(16)18-13-7-4-3-6-12(13)10-19-2;/h3-4,6-7H,5,8-11H2,1-2H3,(H3,16,17,18);1H. The van der Waals surface area contributed by atoms with Crippen LogP contribution in [-0.2, 0) is 11.3 Å². The van der Waals surface area contributed by atoms with Crippen LogP contribution in [-0.4, -0.2) is 30.1 Å². The Bertz CT molecular complexity index is 476. The summed E-state index contributed by atoms with van der Waals surface area (Å²) in [5.74, 6) is 1.71. The molecule has 0 saturated carbocycles. The van der Waals surface area contributed by atoms with Crippen molar-refractivity contribution in [2.75, 3.05) is 24.7 Å². The molecule has 21 heavy (non-hydrogen) atoms. The van der Waals surface area contributed by atoms with Crippen LogP contribution in [0.25, 0.3) is 0 Å². The third kappa shape index (κ3) is 5.67. The summed E-state index contributed by atoms with van der Waals surface area (Å²) >= 11 is 1.99. The van der Waals surface area contributed by atoms with E-state index in [1.165, 1.54) is 18.6 Å². The van der Waals surface area contributed by atoms with Gasteiger partial charge in [0.15, 0.2) is 5.96 Å². The van der Waals surface area contributed by atoms with Gasteiger partial charge in [-0.1, -0.05) is 18.2 Å². The number of rotatable bonds is 5. The predicted octanol–water partition coefficient (Wildman–Crippen LogP) is 3.46. The van der Waals surface area contributed by atoms with Gasteiger partial charge in [0.25, 0.3) is 0 Å². The molecule has 1 saturated heterocycles. The first kappa shape index (κ1) is 18.6. The number of nitrogens with zero attached hydrogens (tertiary/aromatic N) is 1. The number of nitrogens with two attached hydrogens (primary N) is 1. The van der Waals surface area contributed by atoms with Crippen molar-refractivity contribution in [3.63, 3.8) is 0 Å². The van der Waals surface area contributed by atoms with E-state index in [0.29, 0.717) is 12.6 Å². The second kappa shape index (κ2) is 8.85. The van der Waals surface area contributed by atoms with Gasteiger partial charge in [-0.3, -0.25) is 4.99 Å². The molecule has 1 aromatic rings. The summed E-state index contributed by atoms with van der Waals surface area (Å²) in [5.41, 5.74) is 8.03. The van der Waals surface area contributed by atoms with Crippen molar-refractivity contribution in [1.82, 2.24) is 0 Å². The first-order valence-corrected chi connectivity index (χ1v) is 7.89. The number of anilines is 1. The van der Waals surface area contributed by atoms with E-state index in [1.807, 2.05) is 36.0 Å². The summed E-state index contributed by atoms with van der Waals surface area (Å²) in [7, 11) is 1.69. The summed E-state index contributed by atoms with van der Waals surface area (Å²) in [6.45, 7) is 3.59. The summed E-state index contributed by atoms with van der Waals surface area (Å²) in [6, 6.07) is 7.97. The average Bonchev–Trinajstić information content (AvgIpc) is 2.87. The highest BCUT2D eigenvalue weighted by Crippen LogP contribution is 2.37. The SMILES string of the molecule is COCc1ccccc1NC(N)=NCC1(C)CCCS1.I. The van der Waals surface area contributed by atoms with E-state index in [2.05, 4.69) is 17.2 Å². The van der Waals surface area contributed by atoms with E-state index in [0.717, 1.165) is 17.8 Å². The Balaban J connectivity index is 0.00000220. The molecule has 1 aliphatic heterocycles. The second-order valence-corrected chi connectivity index (χ2v) is 7.00. The molecule has 0 radical (unpaired) electrons. The Morgan fingerprint density at radius 3 is 2.90 bits per heavy atom. The van der Waals surface area contributed by atoms with Gasteiger partial charge >= 0.3 is 0 Å². The minimum absolute atomic E-state index is 0. The number of guanidine groups is 1. The molecule has 1 heterocycles. The number of benzene rings is 1. The van der Waals surface area contributed by atoms with Crippen molar-refractivity contribution in [3.8, 4) is 0 Å². The Hall–Kier alpha value is -0.470. The van der Waals surface area contributed by atoms with E-state index in [-0.39, 0.29) is 28.7 Å². The zero-order valence-electron chi connectivity index (χ0n) is 12.6. The number of thioether (sulfide) groups is 1. The molecular weight excluding hydrogens is 397 g/mol. The maximum absolute atomic E-state index is 6.00. The number of hydrogen-bond acceptors (Lipinski definition) is 3. The molecule has 3 N–H and O–H groups in total. The van der Waals surface area contributed by atoms with Gasteiger partial charge in [0, 0.05) is 23.1 Å². The number of hydrogen-bond donors (Lipinski definition) is 2. The van der Waals surface area contributed by atoms with E-state index in [1.54, 1.807) is 7.11 Å². The monoisotopic (exact) mass is 421 g/mol. The maximum Gasteiger partial charge on any atom is 0.193 e. The van der Waals surface area contributed by atoms with Crippen LogP contribution >= 0.6 is 35.7 Å². The number of halogens is 1. The fourth-order valence-electron chi connectivity index (χ4n) is 2.32. The highest BCUT2D eigenvalue weighted by atomic mass is 127. The first-order valence-electron chi connectivity index (χ1n) is 6.91. The molecule has 0 amide bonds. The van der Waals surface area contributed by atoms with Crippen LogP contribution in [0.2, 0.25) is 0 Å². The Morgan fingerprint density at radius 1 is 1.48 bits per heavy atom. The topological polar surface area (TPSA) is 59.6 Å². The second-order valence-electron chi connectivity index (χ2n) is 5.32. The number of aliphatic imine (C=N–C) groups is 1. The van der Waals surface area contributed by atoms with Gasteiger partial charge in [0.2, 0.25) is 0 Å². The fourth-order valence-corrected chi connectivity index (χ4v) is 3.54. The highest BCUT2D eigenvalue weighted by molar-refractivity contribution is 14.0. The van der Waals surface area contributed by atoms with E-state index < -0.39 is 0 Å². The number of nitrogens with one attached hydrogen (secondary N) is 1. The van der Waals surface area contributed by atoms with E-state index in [9.17, 15) is 0 Å². The molecule has 1 atom stereocenters. The molecule has 0 bridgehead atoms. The zero-order valence-corrected chi connectivity index (χ0v) is 15.7. The summed E-state index contributed by atoms with van der Waals surface area (Å²) in [6.07, 6.45) is 2.50. The predicted molar refractivity (Wildman–Crippen MR) is 103 cm³/mol. The van der Waals surface area contributed by atoms with Gasteiger partial charge in [0.05, 0.1) is 13.2 Å². The smallest absolute Gasteiger partial charge is 0.193 e. The van der Waals surface area contributed by atoms with Crippen molar-refractivity contribution in [2.24, 2.45) is 10.7 Å². The molecule has 1 aliphatic rings. The Morgan fingerprint density at radius 2 is 2.24 bits per heavy atom. The average molecular weight is 421 g/mol. The van der Waals surface area contributed by atoms with Crippen LogP contribution in [0.4, 0.5) is 5.69 Å². The maximum atomic E-state index is 6.00. The van der Waals surface area contributed by atoms with Crippen LogP contribution in [0.1, 0.15) is 25.3 Å². The third-order valence-electron chi connectivity index (χ3n) is 3.46. The summed E-state index contributed by atoms with van der Waals surface area (Å²) < 4.78 is 5.43. The lowest BCUT2D eigenvalue weighted by atomic mass is 10.1. The van der Waals surface area contributed by atoms with Crippen LogP contribution in [0.3, 0.4) is 0 Å². The summed E-state index contributed by atoms with van der Waals surface area (Å²) in [4.78, 5) is 4.50. The molecule has 0 aliphatic carbocycles. The van der Waals surface area contributed by atoms with E-state index in [4.69, 9.17) is 10.5 Å². The number of methoxy groups -OCH3 is 1.